The highest BCUT2D eigenvalue weighted by Gasteiger charge is 2.14. The second-order valence-corrected chi connectivity index (χ2v) is 5.69. The normalized spacial score (nSPS) is 10.0. The molecule has 2 rings (SSSR count). The third-order valence-electron chi connectivity index (χ3n) is 2.99. The molecule has 7 nitrogen and oxygen atoms in total. The van der Waals surface area contributed by atoms with Crippen LogP contribution in [0.15, 0.2) is 42.5 Å². The fourth-order valence-electron chi connectivity index (χ4n) is 1.76. The van der Waals surface area contributed by atoms with Gasteiger partial charge in [-0.1, -0.05) is 23.2 Å². The van der Waals surface area contributed by atoms with Crippen LogP contribution in [-0.4, -0.2) is 24.4 Å². The monoisotopic (exact) mass is 381 g/mol. The third-order valence-corrected chi connectivity index (χ3v) is 3.48. The van der Waals surface area contributed by atoms with Gasteiger partial charge in [-0.2, -0.15) is 0 Å². The van der Waals surface area contributed by atoms with Crippen molar-refractivity contribution in [3.8, 4) is 0 Å². The van der Waals surface area contributed by atoms with E-state index in [0.717, 1.165) is 0 Å². The lowest BCUT2D eigenvalue weighted by atomic mass is 10.2. The second-order valence-electron chi connectivity index (χ2n) is 4.82. The highest BCUT2D eigenvalue weighted by Crippen LogP contribution is 2.18. The summed E-state index contributed by atoms with van der Waals surface area (Å²) in [5.41, 5.74) is 10.5. The Morgan fingerprint density at radius 1 is 0.960 bits per heavy atom. The third kappa shape index (κ3) is 5.37. The summed E-state index contributed by atoms with van der Waals surface area (Å²) in [7, 11) is 0. The molecule has 2 aromatic rings. The van der Waals surface area contributed by atoms with Gasteiger partial charge in [-0.3, -0.25) is 20.4 Å². The summed E-state index contributed by atoms with van der Waals surface area (Å²) in [6.45, 7) is -0.595. The number of hydrogen-bond acceptors (Lipinski definition) is 5. The van der Waals surface area contributed by atoms with Gasteiger partial charge in [-0.15, -0.1) is 0 Å². The molecule has 0 heterocycles. The number of amides is 2. The number of nitrogen functional groups attached to an aromatic ring is 1. The van der Waals surface area contributed by atoms with Gasteiger partial charge in [0, 0.05) is 21.3 Å². The van der Waals surface area contributed by atoms with Crippen molar-refractivity contribution in [2.45, 2.75) is 0 Å². The fourth-order valence-corrected chi connectivity index (χ4v) is 2.07. The Hall–Kier alpha value is -2.77. The maximum atomic E-state index is 11.8. The number of carbonyl (C=O) groups is 3. The zero-order valence-electron chi connectivity index (χ0n) is 12.7. The molecule has 0 atom stereocenters. The molecule has 0 aliphatic rings. The van der Waals surface area contributed by atoms with Crippen molar-refractivity contribution in [1.29, 1.82) is 0 Å². The Balaban J connectivity index is 1.81. The molecule has 0 aromatic heterocycles. The SMILES string of the molecule is Nc1cc(Cl)ccc1C(=O)OCC(=O)NNC(=O)c1ccc(Cl)cc1. The minimum Gasteiger partial charge on any atom is -0.452 e. The number of benzene rings is 2. The average Bonchev–Trinajstić information content (AvgIpc) is 2.58. The molecule has 0 fully saturated rings. The van der Waals surface area contributed by atoms with Crippen LogP contribution in [0.25, 0.3) is 0 Å². The van der Waals surface area contributed by atoms with E-state index in [9.17, 15) is 14.4 Å². The Labute approximate surface area is 153 Å². The molecule has 4 N–H and O–H groups in total. The minimum atomic E-state index is -0.784. The molecule has 0 aliphatic carbocycles. The summed E-state index contributed by atoms with van der Waals surface area (Å²) < 4.78 is 4.82. The van der Waals surface area contributed by atoms with E-state index in [1.54, 1.807) is 0 Å². The van der Waals surface area contributed by atoms with Crippen LogP contribution in [0.3, 0.4) is 0 Å². The Morgan fingerprint density at radius 3 is 2.24 bits per heavy atom. The van der Waals surface area contributed by atoms with Crippen LogP contribution in [0, 0.1) is 0 Å². The lowest BCUT2D eigenvalue weighted by Crippen LogP contribution is -2.43. The van der Waals surface area contributed by atoms with Crippen LogP contribution >= 0.6 is 23.2 Å². The van der Waals surface area contributed by atoms with E-state index in [4.69, 9.17) is 33.7 Å². The molecule has 0 unspecified atom stereocenters. The topological polar surface area (TPSA) is 111 Å². The molecule has 0 saturated heterocycles. The summed E-state index contributed by atoms with van der Waals surface area (Å²) in [5.74, 6) is -2.05. The van der Waals surface area contributed by atoms with E-state index in [2.05, 4.69) is 10.9 Å². The number of rotatable bonds is 4. The summed E-state index contributed by atoms with van der Waals surface area (Å²) >= 11 is 11.5. The van der Waals surface area contributed by atoms with Crippen molar-refractivity contribution < 1.29 is 19.1 Å². The van der Waals surface area contributed by atoms with Crippen LogP contribution < -0.4 is 16.6 Å². The van der Waals surface area contributed by atoms with E-state index in [-0.39, 0.29) is 11.3 Å². The first-order chi connectivity index (χ1) is 11.9. The number of esters is 1. The molecule has 9 heteroatoms. The number of carbonyl (C=O) groups excluding carboxylic acids is 3. The lowest BCUT2D eigenvalue weighted by molar-refractivity contribution is -0.125. The summed E-state index contributed by atoms with van der Waals surface area (Å²) in [6.07, 6.45) is 0. The quantitative estimate of drug-likeness (QED) is 0.427. The van der Waals surface area contributed by atoms with Crippen molar-refractivity contribution >= 4 is 46.7 Å². The molecule has 0 radical (unpaired) electrons. The summed E-state index contributed by atoms with van der Waals surface area (Å²) in [5, 5.41) is 0.852. The number of nitrogens with two attached hydrogens (primary N) is 1. The van der Waals surface area contributed by atoms with Gasteiger partial charge >= 0.3 is 5.97 Å². The number of anilines is 1. The van der Waals surface area contributed by atoms with Crippen molar-refractivity contribution in [1.82, 2.24) is 10.9 Å². The van der Waals surface area contributed by atoms with Gasteiger partial charge in [-0.25, -0.2) is 4.79 Å². The molecule has 0 spiro atoms. The van der Waals surface area contributed by atoms with E-state index in [0.29, 0.717) is 15.6 Å². The molecule has 0 aliphatic heterocycles. The highest BCUT2D eigenvalue weighted by atomic mass is 35.5. The maximum absolute atomic E-state index is 11.8. The molecule has 0 bridgehead atoms. The second kappa shape index (κ2) is 8.36. The molecular formula is C16H13Cl2N3O4. The zero-order chi connectivity index (χ0) is 18.4. The Morgan fingerprint density at radius 2 is 1.60 bits per heavy atom. The standard InChI is InChI=1S/C16H13Cl2N3O4/c17-10-3-1-9(2-4-10)15(23)21-20-14(22)8-25-16(24)12-6-5-11(18)7-13(12)19/h1-7H,8,19H2,(H,20,22)(H,21,23). The van der Waals surface area contributed by atoms with Crippen molar-refractivity contribution in [2.75, 3.05) is 12.3 Å². The number of hydrazine groups is 1. The highest BCUT2D eigenvalue weighted by molar-refractivity contribution is 6.31. The van der Waals surface area contributed by atoms with Gasteiger partial charge in [0.15, 0.2) is 6.61 Å². The van der Waals surface area contributed by atoms with Crippen LogP contribution in [0.4, 0.5) is 5.69 Å². The molecule has 25 heavy (non-hydrogen) atoms. The van der Waals surface area contributed by atoms with Crippen LogP contribution in [0.1, 0.15) is 20.7 Å². The number of hydrogen-bond donors (Lipinski definition) is 3. The zero-order valence-corrected chi connectivity index (χ0v) is 14.2. The number of halogens is 2. The first-order valence-electron chi connectivity index (χ1n) is 6.93. The van der Waals surface area contributed by atoms with Gasteiger partial charge in [0.25, 0.3) is 11.8 Å². The molecule has 130 valence electrons. The fraction of sp³-hybridized carbons (Fsp3) is 0.0625. The lowest BCUT2D eigenvalue weighted by Gasteiger charge is -2.09. The average molecular weight is 382 g/mol. The van der Waals surface area contributed by atoms with E-state index in [1.807, 2.05) is 0 Å². The van der Waals surface area contributed by atoms with E-state index in [1.165, 1.54) is 42.5 Å². The molecule has 2 amide bonds. The Kier molecular flexibility index (Phi) is 6.21. The molecular weight excluding hydrogens is 369 g/mol. The summed E-state index contributed by atoms with van der Waals surface area (Å²) in [4.78, 5) is 35.3. The van der Waals surface area contributed by atoms with Gasteiger partial charge in [-0.05, 0) is 42.5 Å². The van der Waals surface area contributed by atoms with E-state index >= 15 is 0 Å². The van der Waals surface area contributed by atoms with Crippen molar-refractivity contribution in [2.24, 2.45) is 0 Å². The Bertz CT molecular complexity index is 810. The van der Waals surface area contributed by atoms with Crippen LogP contribution in [-0.2, 0) is 9.53 Å². The van der Waals surface area contributed by atoms with Crippen molar-refractivity contribution in [3.05, 3.63) is 63.6 Å². The molecule has 2 aromatic carbocycles. The van der Waals surface area contributed by atoms with Gasteiger partial charge in [0.1, 0.15) is 0 Å². The van der Waals surface area contributed by atoms with Crippen LogP contribution in [0.2, 0.25) is 10.0 Å². The van der Waals surface area contributed by atoms with E-state index < -0.39 is 24.4 Å². The summed E-state index contributed by atoms with van der Waals surface area (Å²) in [6, 6.07) is 10.3. The minimum absolute atomic E-state index is 0.0856. The van der Waals surface area contributed by atoms with Crippen LogP contribution in [0.5, 0.6) is 0 Å². The van der Waals surface area contributed by atoms with Crippen molar-refractivity contribution in [3.63, 3.8) is 0 Å². The first-order valence-corrected chi connectivity index (χ1v) is 7.69. The first kappa shape index (κ1) is 18.6. The largest absolute Gasteiger partial charge is 0.452 e. The smallest absolute Gasteiger partial charge is 0.340 e. The number of nitrogens with one attached hydrogen (secondary N) is 2. The van der Waals surface area contributed by atoms with Gasteiger partial charge in [0.05, 0.1) is 5.56 Å². The number of ether oxygens (including phenoxy) is 1. The predicted octanol–water partition coefficient (Wildman–Crippen LogP) is 2.19. The molecule has 0 saturated carbocycles. The van der Waals surface area contributed by atoms with Gasteiger partial charge in [0.2, 0.25) is 0 Å². The predicted molar refractivity (Wildman–Crippen MR) is 93.2 cm³/mol. The maximum Gasteiger partial charge on any atom is 0.340 e. The van der Waals surface area contributed by atoms with Gasteiger partial charge < -0.3 is 10.5 Å².